The van der Waals surface area contributed by atoms with Gasteiger partial charge in [0.25, 0.3) is 0 Å². The average molecular weight is 315 g/mol. The van der Waals surface area contributed by atoms with Crippen molar-refractivity contribution >= 4 is 5.69 Å². The van der Waals surface area contributed by atoms with Crippen LogP contribution in [0.2, 0.25) is 0 Å². The number of hydrogen-bond acceptors (Lipinski definition) is 4. The number of hydrogen-bond donors (Lipinski definition) is 2. The van der Waals surface area contributed by atoms with Gasteiger partial charge in [-0.15, -0.1) is 0 Å². The summed E-state index contributed by atoms with van der Waals surface area (Å²) < 4.78 is 7.75. The molecule has 124 valence electrons. The fourth-order valence-electron chi connectivity index (χ4n) is 3.06. The molecular formula is C18H25N3O2. The smallest absolute Gasteiger partial charge is 0.124 e. The van der Waals surface area contributed by atoms with Crippen molar-refractivity contribution in [3.63, 3.8) is 0 Å². The van der Waals surface area contributed by atoms with Crippen molar-refractivity contribution in [1.82, 2.24) is 9.78 Å². The Hall–Kier alpha value is -2.01. The van der Waals surface area contributed by atoms with Crippen molar-refractivity contribution in [1.29, 1.82) is 0 Å². The maximum absolute atomic E-state index is 9.98. The molecule has 1 aromatic heterocycles. The van der Waals surface area contributed by atoms with Crippen molar-refractivity contribution in [2.75, 3.05) is 5.32 Å². The molecule has 1 aliphatic rings. The number of aliphatic hydroxyl groups is 1. The highest BCUT2D eigenvalue weighted by atomic mass is 16.5. The first-order chi connectivity index (χ1) is 11.1. The Morgan fingerprint density at radius 1 is 1.26 bits per heavy atom. The van der Waals surface area contributed by atoms with E-state index in [1.54, 1.807) is 0 Å². The predicted octanol–water partition coefficient (Wildman–Crippen LogP) is 3.02. The van der Waals surface area contributed by atoms with Crippen molar-refractivity contribution in [2.45, 2.75) is 51.4 Å². The van der Waals surface area contributed by atoms with E-state index >= 15 is 0 Å². The van der Waals surface area contributed by atoms with Crippen molar-refractivity contribution in [3.05, 3.63) is 41.7 Å². The lowest BCUT2D eigenvalue weighted by atomic mass is 9.95. The van der Waals surface area contributed by atoms with Crippen molar-refractivity contribution < 1.29 is 9.84 Å². The molecule has 1 aromatic carbocycles. The highest BCUT2D eigenvalue weighted by Gasteiger charge is 2.24. The summed E-state index contributed by atoms with van der Waals surface area (Å²) in [6.07, 6.45) is 5.62. The van der Waals surface area contributed by atoms with Crippen LogP contribution in [0.5, 0.6) is 5.75 Å². The minimum absolute atomic E-state index is 0.0689. The quantitative estimate of drug-likeness (QED) is 0.890. The van der Waals surface area contributed by atoms with Gasteiger partial charge in [-0.25, -0.2) is 0 Å². The van der Waals surface area contributed by atoms with Crippen LogP contribution in [0.1, 0.15) is 36.9 Å². The summed E-state index contributed by atoms with van der Waals surface area (Å²) >= 11 is 0. The second kappa shape index (κ2) is 7.04. The number of aliphatic hydroxyl groups excluding tert-OH is 1. The van der Waals surface area contributed by atoms with E-state index in [1.165, 1.54) is 5.56 Å². The lowest BCUT2D eigenvalue weighted by Crippen LogP contribution is -2.34. The summed E-state index contributed by atoms with van der Waals surface area (Å²) in [6.45, 7) is 2.77. The highest BCUT2D eigenvalue weighted by Crippen LogP contribution is 2.25. The highest BCUT2D eigenvalue weighted by molar-refractivity contribution is 5.47. The number of nitrogens with one attached hydrogen (secondary N) is 1. The molecule has 1 aliphatic carbocycles. The van der Waals surface area contributed by atoms with Gasteiger partial charge in [-0.3, -0.25) is 4.68 Å². The van der Waals surface area contributed by atoms with Gasteiger partial charge in [0, 0.05) is 31.0 Å². The maximum atomic E-state index is 9.98. The van der Waals surface area contributed by atoms with Gasteiger partial charge < -0.3 is 15.2 Å². The van der Waals surface area contributed by atoms with Crippen LogP contribution in [0.15, 0.2) is 30.5 Å². The van der Waals surface area contributed by atoms with Crippen LogP contribution in [0.4, 0.5) is 5.69 Å². The number of anilines is 1. The molecule has 2 aromatic rings. The molecule has 0 amide bonds. The Balaban J connectivity index is 1.55. The number of nitrogens with zero attached hydrogens (tertiary/aromatic N) is 2. The third-order valence-electron chi connectivity index (χ3n) is 4.41. The number of ether oxygens (including phenoxy) is 1. The summed E-state index contributed by atoms with van der Waals surface area (Å²) in [4.78, 5) is 0. The number of aromatic nitrogens is 2. The van der Waals surface area contributed by atoms with Crippen LogP contribution >= 0.6 is 0 Å². The van der Waals surface area contributed by atoms with Gasteiger partial charge in [-0.05, 0) is 50.5 Å². The van der Waals surface area contributed by atoms with Crippen molar-refractivity contribution in [3.8, 4) is 5.75 Å². The van der Waals surface area contributed by atoms with Gasteiger partial charge in [-0.1, -0.05) is 6.42 Å². The third-order valence-corrected chi connectivity index (χ3v) is 4.41. The van der Waals surface area contributed by atoms with E-state index in [2.05, 4.69) is 10.4 Å². The van der Waals surface area contributed by atoms with E-state index in [9.17, 15) is 5.11 Å². The van der Waals surface area contributed by atoms with Gasteiger partial charge in [0.1, 0.15) is 11.9 Å². The van der Waals surface area contributed by atoms with E-state index in [4.69, 9.17) is 4.74 Å². The van der Waals surface area contributed by atoms with Crippen LogP contribution < -0.4 is 10.1 Å². The number of benzene rings is 1. The average Bonchev–Trinajstić information content (AvgIpc) is 2.87. The SMILES string of the molecule is Cc1nn(C)cc1CNc1ccc(OC2CCCCC2O)cc1. The zero-order valence-corrected chi connectivity index (χ0v) is 13.8. The second-order valence-electron chi connectivity index (χ2n) is 6.30. The van der Waals surface area contributed by atoms with E-state index in [-0.39, 0.29) is 12.2 Å². The van der Waals surface area contributed by atoms with Crippen LogP contribution in [-0.2, 0) is 13.6 Å². The molecule has 0 radical (unpaired) electrons. The van der Waals surface area contributed by atoms with E-state index in [0.29, 0.717) is 0 Å². The lowest BCUT2D eigenvalue weighted by molar-refractivity contribution is 0.00688. The molecule has 0 bridgehead atoms. The largest absolute Gasteiger partial charge is 0.488 e. The Kier molecular flexibility index (Phi) is 4.86. The zero-order valence-electron chi connectivity index (χ0n) is 13.8. The number of aryl methyl sites for hydroxylation is 2. The molecule has 2 unspecified atom stereocenters. The molecule has 1 heterocycles. The van der Waals surface area contributed by atoms with Crippen LogP contribution in [0.3, 0.4) is 0 Å². The fraction of sp³-hybridized carbons (Fsp3) is 0.500. The van der Waals surface area contributed by atoms with Gasteiger partial charge >= 0.3 is 0 Å². The molecule has 1 fully saturated rings. The first-order valence-corrected chi connectivity index (χ1v) is 8.29. The molecule has 2 atom stereocenters. The van der Waals surface area contributed by atoms with E-state index < -0.39 is 0 Å². The van der Waals surface area contributed by atoms with Crippen LogP contribution in [0.25, 0.3) is 0 Å². The van der Waals surface area contributed by atoms with E-state index in [1.807, 2.05) is 49.1 Å². The molecule has 23 heavy (non-hydrogen) atoms. The molecule has 0 saturated heterocycles. The first kappa shape index (κ1) is 15.9. The Bertz CT molecular complexity index is 636. The minimum Gasteiger partial charge on any atom is -0.488 e. The van der Waals surface area contributed by atoms with E-state index in [0.717, 1.165) is 49.4 Å². The first-order valence-electron chi connectivity index (χ1n) is 8.29. The second-order valence-corrected chi connectivity index (χ2v) is 6.30. The van der Waals surface area contributed by atoms with Gasteiger partial charge in [0.05, 0.1) is 11.8 Å². The molecular weight excluding hydrogens is 290 g/mol. The summed E-state index contributed by atoms with van der Waals surface area (Å²) in [7, 11) is 1.93. The van der Waals surface area contributed by atoms with Crippen molar-refractivity contribution in [2.24, 2.45) is 7.05 Å². The van der Waals surface area contributed by atoms with Crippen LogP contribution in [-0.4, -0.2) is 27.1 Å². The minimum atomic E-state index is -0.338. The summed E-state index contributed by atoms with van der Waals surface area (Å²) in [5.74, 6) is 0.819. The molecule has 2 N–H and O–H groups in total. The van der Waals surface area contributed by atoms with Gasteiger partial charge in [-0.2, -0.15) is 5.10 Å². The van der Waals surface area contributed by atoms with Gasteiger partial charge in [0.2, 0.25) is 0 Å². The predicted molar refractivity (Wildman–Crippen MR) is 90.6 cm³/mol. The summed E-state index contributed by atoms with van der Waals surface area (Å²) in [6, 6.07) is 7.94. The maximum Gasteiger partial charge on any atom is 0.124 e. The molecule has 1 saturated carbocycles. The zero-order chi connectivity index (χ0) is 16.2. The Morgan fingerprint density at radius 2 is 2.00 bits per heavy atom. The van der Waals surface area contributed by atoms with Crippen LogP contribution in [0, 0.1) is 6.92 Å². The molecule has 0 spiro atoms. The van der Waals surface area contributed by atoms with Gasteiger partial charge in [0.15, 0.2) is 0 Å². The lowest BCUT2D eigenvalue weighted by Gasteiger charge is -2.28. The fourth-order valence-corrected chi connectivity index (χ4v) is 3.06. The molecule has 5 nitrogen and oxygen atoms in total. The monoisotopic (exact) mass is 315 g/mol. The topological polar surface area (TPSA) is 59.3 Å². The summed E-state index contributed by atoms with van der Waals surface area (Å²) in [5.41, 5.74) is 3.29. The third kappa shape index (κ3) is 4.05. The Morgan fingerprint density at radius 3 is 2.65 bits per heavy atom. The standard InChI is InChI=1S/C18H25N3O2/c1-13-14(12-21(2)20-13)11-19-15-7-9-16(10-8-15)23-18-6-4-3-5-17(18)22/h7-10,12,17-19,22H,3-6,11H2,1-2H3. The summed E-state index contributed by atoms with van der Waals surface area (Å²) in [5, 5.41) is 17.7. The molecule has 0 aliphatic heterocycles. The molecule has 5 heteroatoms. The normalized spacial score (nSPS) is 21.2. The molecule has 3 rings (SSSR count). The number of rotatable bonds is 5. The Labute approximate surface area is 137 Å².